The average molecular weight is 377 g/mol. The number of ether oxygens (including phenoxy) is 2. The fourth-order valence-corrected chi connectivity index (χ4v) is 2.29. The summed E-state index contributed by atoms with van der Waals surface area (Å²) in [6.07, 6.45) is 0. The Labute approximate surface area is 155 Å². The molecule has 0 saturated carbocycles. The van der Waals surface area contributed by atoms with E-state index in [9.17, 15) is 14.4 Å². The van der Waals surface area contributed by atoms with Crippen LogP contribution in [0.2, 0.25) is 5.02 Å². The van der Waals surface area contributed by atoms with Crippen molar-refractivity contribution < 1.29 is 23.9 Å². The minimum Gasteiger partial charge on any atom is -0.495 e. The monoisotopic (exact) mass is 376 g/mol. The minimum absolute atomic E-state index is 0.149. The number of anilines is 2. The van der Waals surface area contributed by atoms with E-state index in [4.69, 9.17) is 21.1 Å². The van der Waals surface area contributed by atoms with Gasteiger partial charge in [0.25, 0.3) is 0 Å². The third kappa shape index (κ3) is 4.73. The van der Waals surface area contributed by atoms with Gasteiger partial charge in [-0.05, 0) is 37.3 Å². The molecule has 2 aromatic carbocycles. The topological polar surface area (TPSA) is 93.7 Å². The Morgan fingerprint density at radius 3 is 2.31 bits per heavy atom. The first-order valence-electron chi connectivity index (χ1n) is 7.68. The van der Waals surface area contributed by atoms with Gasteiger partial charge >= 0.3 is 17.8 Å². The molecule has 0 aliphatic carbocycles. The van der Waals surface area contributed by atoms with Crippen LogP contribution in [0.15, 0.2) is 42.5 Å². The number of carbonyl (C=O) groups excluding carboxylic acids is 3. The molecule has 2 rings (SSSR count). The molecule has 0 unspecified atom stereocenters. The Morgan fingerprint density at radius 2 is 1.65 bits per heavy atom. The number of rotatable bonds is 5. The summed E-state index contributed by atoms with van der Waals surface area (Å²) in [6.45, 7) is 1.86. The molecule has 0 aliphatic heterocycles. The lowest BCUT2D eigenvalue weighted by Gasteiger charge is -2.12. The number of esters is 1. The second-order valence-electron chi connectivity index (χ2n) is 5.02. The van der Waals surface area contributed by atoms with Gasteiger partial charge in [0.15, 0.2) is 0 Å². The zero-order chi connectivity index (χ0) is 19.1. The molecule has 0 spiro atoms. The SMILES string of the molecule is CCOC(=O)c1ccccc1NC(=O)C(=O)Nc1cc(Cl)ccc1OC. The second kappa shape index (κ2) is 8.87. The Bertz CT molecular complexity index is 838. The number of para-hydroxylation sites is 1. The minimum atomic E-state index is -0.955. The Hall–Kier alpha value is -3.06. The quantitative estimate of drug-likeness (QED) is 0.617. The normalized spacial score (nSPS) is 9.96. The van der Waals surface area contributed by atoms with Gasteiger partial charge in [0, 0.05) is 5.02 Å². The molecule has 0 aliphatic rings. The van der Waals surface area contributed by atoms with Crippen LogP contribution in [-0.4, -0.2) is 31.5 Å². The molecule has 26 heavy (non-hydrogen) atoms. The zero-order valence-corrected chi connectivity index (χ0v) is 14.9. The van der Waals surface area contributed by atoms with Gasteiger partial charge in [-0.25, -0.2) is 4.79 Å². The van der Waals surface area contributed by atoms with E-state index >= 15 is 0 Å². The Balaban J connectivity index is 2.15. The van der Waals surface area contributed by atoms with Crippen molar-refractivity contribution in [2.75, 3.05) is 24.4 Å². The summed E-state index contributed by atoms with van der Waals surface area (Å²) >= 11 is 5.89. The van der Waals surface area contributed by atoms with Crippen LogP contribution in [0.3, 0.4) is 0 Å². The van der Waals surface area contributed by atoms with Gasteiger partial charge in [-0.3, -0.25) is 9.59 Å². The van der Waals surface area contributed by atoms with Crippen LogP contribution in [0.5, 0.6) is 5.75 Å². The maximum Gasteiger partial charge on any atom is 0.340 e. The van der Waals surface area contributed by atoms with Crippen LogP contribution in [-0.2, 0) is 14.3 Å². The van der Waals surface area contributed by atoms with Crippen LogP contribution >= 0.6 is 11.6 Å². The van der Waals surface area contributed by atoms with Crippen LogP contribution in [0.1, 0.15) is 17.3 Å². The highest BCUT2D eigenvalue weighted by molar-refractivity contribution is 6.44. The summed E-state index contributed by atoms with van der Waals surface area (Å²) in [5.41, 5.74) is 0.568. The van der Waals surface area contributed by atoms with Crippen LogP contribution in [0, 0.1) is 0 Å². The van der Waals surface area contributed by atoms with Gasteiger partial charge in [0.2, 0.25) is 0 Å². The lowest BCUT2D eigenvalue weighted by atomic mass is 10.2. The number of halogens is 1. The van der Waals surface area contributed by atoms with Crippen molar-refractivity contribution in [2.24, 2.45) is 0 Å². The van der Waals surface area contributed by atoms with Gasteiger partial charge in [-0.2, -0.15) is 0 Å². The summed E-state index contributed by atoms with van der Waals surface area (Å²) < 4.78 is 10.0. The molecular formula is C18H17ClN2O5. The predicted molar refractivity (Wildman–Crippen MR) is 97.7 cm³/mol. The third-order valence-electron chi connectivity index (χ3n) is 3.29. The molecule has 2 amide bonds. The molecule has 8 heteroatoms. The Kier molecular flexibility index (Phi) is 6.57. The van der Waals surface area contributed by atoms with Crippen LogP contribution in [0.25, 0.3) is 0 Å². The van der Waals surface area contributed by atoms with Crippen molar-refractivity contribution in [1.29, 1.82) is 0 Å². The number of benzene rings is 2. The number of methoxy groups -OCH3 is 1. The highest BCUT2D eigenvalue weighted by atomic mass is 35.5. The van der Waals surface area contributed by atoms with Crippen molar-refractivity contribution in [2.45, 2.75) is 6.92 Å². The maximum atomic E-state index is 12.2. The first kappa shape index (κ1) is 19.3. The highest BCUT2D eigenvalue weighted by Gasteiger charge is 2.19. The highest BCUT2D eigenvalue weighted by Crippen LogP contribution is 2.27. The molecular weight excluding hydrogens is 360 g/mol. The second-order valence-corrected chi connectivity index (χ2v) is 5.46. The van der Waals surface area contributed by atoms with E-state index in [-0.39, 0.29) is 23.5 Å². The maximum absolute atomic E-state index is 12.2. The van der Waals surface area contributed by atoms with E-state index in [1.165, 1.54) is 25.3 Å². The Morgan fingerprint density at radius 1 is 1.00 bits per heavy atom. The standard InChI is InChI=1S/C18H17ClN2O5/c1-3-26-18(24)12-6-4-5-7-13(12)20-16(22)17(23)21-14-10-11(19)8-9-15(14)25-2/h4-10H,3H2,1-2H3,(H,20,22)(H,21,23). The molecule has 136 valence electrons. The van der Waals surface area contributed by atoms with Crippen molar-refractivity contribution in [3.8, 4) is 5.75 Å². The zero-order valence-electron chi connectivity index (χ0n) is 14.2. The summed E-state index contributed by atoms with van der Waals surface area (Å²) in [4.78, 5) is 36.3. The largest absolute Gasteiger partial charge is 0.495 e. The number of hydrogen-bond donors (Lipinski definition) is 2. The third-order valence-corrected chi connectivity index (χ3v) is 3.52. The van der Waals surface area contributed by atoms with Crippen molar-refractivity contribution in [3.63, 3.8) is 0 Å². The van der Waals surface area contributed by atoms with Crippen molar-refractivity contribution >= 4 is 40.8 Å². The molecule has 0 heterocycles. The van der Waals surface area contributed by atoms with E-state index in [2.05, 4.69) is 10.6 Å². The van der Waals surface area contributed by atoms with E-state index in [0.717, 1.165) is 0 Å². The molecule has 0 radical (unpaired) electrons. The van der Waals surface area contributed by atoms with Gasteiger partial charge in [0.05, 0.1) is 30.7 Å². The van der Waals surface area contributed by atoms with Gasteiger partial charge in [-0.15, -0.1) is 0 Å². The molecule has 7 nitrogen and oxygen atoms in total. The average Bonchev–Trinajstić information content (AvgIpc) is 2.62. The molecule has 2 N–H and O–H groups in total. The van der Waals surface area contributed by atoms with Gasteiger partial charge in [-0.1, -0.05) is 23.7 Å². The van der Waals surface area contributed by atoms with Gasteiger partial charge in [0.1, 0.15) is 5.75 Å². The van der Waals surface area contributed by atoms with E-state index in [1.807, 2.05) is 0 Å². The lowest BCUT2D eigenvalue weighted by molar-refractivity contribution is -0.133. The molecule has 2 aromatic rings. The fourth-order valence-electron chi connectivity index (χ4n) is 2.12. The van der Waals surface area contributed by atoms with Crippen LogP contribution in [0.4, 0.5) is 11.4 Å². The lowest BCUT2D eigenvalue weighted by Crippen LogP contribution is -2.30. The number of hydrogen-bond acceptors (Lipinski definition) is 5. The molecule has 0 bridgehead atoms. The summed E-state index contributed by atoms with van der Waals surface area (Å²) in [5, 5.41) is 5.19. The summed E-state index contributed by atoms with van der Waals surface area (Å²) in [7, 11) is 1.43. The van der Waals surface area contributed by atoms with Crippen molar-refractivity contribution in [3.05, 3.63) is 53.1 Å². The predicted octanol–water partition coefficient (Wildman–Crippen LogP) is 3.10. The first-order chi connectivity index (χ1) is 12.5. The number of carbonyl (C=O) groups is 3. The fraction of sp³-hybridized carbons (Fsp3) is 0.167. The summed E-state index contributed by atoms with van der Waals surface area (Å²) in [6, 6.07) is 10.8. The van der Waals surface area contributed by atoms with Crippen molar-refractivity contribution in [1.82, 2.24) is 0 Å². The number of amides is 2. The smallest absolute Gasteiger partial charge is 0.340 e. The summed E-state index contributed by atoms with van der Waals surface area (Å²) in [5.74, 6) is -2.14. The van der Waals surface area contributed by atoms with Gasteiger partial charge < -0.3 is 20.1 Å². The van der Waals surface area contributed by atoms with E-state index in [1.54, 1.807) is 31.2 Å². The number of nitrogens with one attached hydrogen (secondary N) is 2. The first-order valence-corrected chi connectivity index (χ1v) is 8.06. The molecule has 0 atom stereocenters. The molecule has 0 fully saturated rings. The van der Waals surface area contributed by atoms with E-state index in [0.29, 0.717) is 10.8 Å². The van der Waals surface area contributed by atoms with Crippen LogP contribution < -0.4 is 15.4 Å². The molecule has 0 saturated heterocycles. The molecule has 0 aromatic heterocycles. The van der Waals surface area contributed by atoms with E-state index < -0.39 is 17.8 Å².